The number of nitrogens with one attached hydrogen (secondary N) is 1. The Kier molecular flexibility index (Phi) is 3.64. The summed E-state index contributed by atoms with van der Waals surface area (Å²) in [4.78, 5) is 1.37. The van der Waals surface area contributed by atoms with E-state index in [2.05, 4.69) is 36.5 Å². The number of benzene rings is 1. The van der Waals surface area contributed by atoms with Gasteiger partial charge in [-0.1, -0.05) is 19.1 Å². The second-order valence-electron chi connectivity index (χ2n) is 5.39. The van der Waals surface area contributed by atoms with E-state index < -0.39 is 0 Å². The predicted molar refractivity (Wildman–Crippen MR) is 76.4 cm³/mol. The van der Waals surface area contributed by atoms with Gasteiger partial charge < -0.3 is 10.1 Å². The summed E-state index contributed by atoms with van der Waals surface area (Å²) in [6, 6.07) is 9.85. The summed E-state index contributed by atoms with van der Waals surface area (Å²) in [6.45, 7) is 5.00. The third-order valence-corrected chi connectivity index (χ3v) is 4.74. The summed E-state index contributed by atoms with van der Waals surface area (Å²) in [6.07, 6.45) is 2.70. The fourth-order valence-corrected chi connectivity index (χ4v) is 3.08. The summed E-state index contributed by atoms with van der Waals surface area (Å²) >= 11 is 1.90. The topological polar surface area (TPSA) is 21.3 Å². The fourth-order valence-electron chi connectivity index (χ4n) is 2.42. The van der Waals surface area contributed by atoms with E-state index in [-0.39, 0.29) is 5.41 Å². The van der Waals surface area contributed by atoms with Gasteiger partial charge in [-0.2, -0.15) is 0 Å². The lowest BCUT2D eigenvalue weighted by Gasteiger charge is -2.42. The van der Waals surface area contributed by atoms with E-state index in [1.807, 2.05) is 11.8 Å². The maximum absolute atomic E-state index is 5.48. The van der Waals surface area contributed by atoms with Gasteiger partial charge in [-0.3, -0.25) is 0 Å². The summed E-state index contributed by atoms with van der Waals surface area (Å²) in [5.41, 5.74) is 1.67. The van der Waals surface area contributed by atoms with Crippen LogP contribution in [0, 0.1) is 0 Å². The molecule has 18 heavy (non-hydrogen) atoms. The van der Waals surface area contributed by atoms with Crippen LogP contribution in [0.2, 0.25) is 0 Å². The number of thioether (sulfide) groups is 1. The summed E-state index contributed by atoms with van der Waals surface area (Å²) in [5, 5.41) is 3.65. The SMILES string of the molecule is CCSc1ccc(C2(CNC3CC3)COC2)cc1. The highest BCUT2D eigenvalue weighted by molar-refractivity contribution is 7.99. The molecule has 1 aliphatic carbocycles. The van der Waals surface area contributed by atoms with Crippen molar-refractivity contribution in [2.45, 2.75) is 36.1 Å². The molecular weight excluding hydrogens is 242 g/mol. The zero-order valence-corrected chi connectivity index (χ0v) is 11.8. The third-order valence-electron chi connectivity index (χ3n) is 3.84. The Labute approximate surface area is 113 Å². The van der Waals surface area contributed by atoms with Crippen molar-refractivity contribution in [2.24, 2.45) is 0 Å². The van der Waals surface area contributed by atoms with Gasteiger partial charge in [0.15, 0.2) is 0 Å². The van der Waals surface area contributed by atoms with E-state index >= 15 is 0 Å². The summed E-state index contributed by atoms with van der Waals surface area (Å²) < 4.78 is 5.48. The van der Waals surface area contributed by atoms with Gasteiger partial charge in [0.1, 0.15) is 0 Å². The molecule has 0 atom stereocenters. The number of hydrogen-bond donors (Lipinski definition) is 1. The molecular formula is C15H21NOS. The highest BCUT2D eigenvalue weighted by Crippen LogP contribution is 2.34. The molecule has 1 aliphatic heterocycles. The van der Waals surface area contributed by atoms with Crippen LogP contribution in [0.1, 0.15) is 25.3 Å². The van der Waals surface area contributed by atoms with E-state index in [4.69, 9.17) is 4.74 Å². The van der Waals surface area contributed by atoms with Gasteiger partial charge in [-0.25, -0.2) is 0 Å². The molecule has 1 heterocycles. The molecule has 1 N–H and O–H groups in total. The standard InChI is InChI=1S/C15H21NOS/c1-2-18-14-7-3-12(4-8-14)15(10-17-11-15)9-16-13-5-6-13/h3-4,7-8,13,16H,2,5-6,9-11H2,1H3. The number of ether oxygens (including phenoxy) is 1. The quantitative estimate of drug-likeness (QED) is 0.798. The molecule has 0 bridgehead atoms. The minimum Gasteiger partial charge on any atom is -0.379 e. The first-order valence-corrected chi connectivity index (χ1v) is 7.85. The fraction of sp³-hybridized carbons (Fsp3) is 0.600. The van der Waals surface area contributed by atoms with Crippen molar-refractivity contribution in [3.63, 3.8) is 0 Å². The predicted octanol–water partition coefficient (Wildman–Crippen LogP) is 2.82. The van der Waals surface area contributed by atoms with Crippen molar-refractivity contribution in [2.75, 3.05) is 25.5 Å². The highest BCUT2D eigenvalue weighted by atomic mass is 32.2. The molecule has 0 amide bonds. The van der Waals surface area contributed by atoms with Gasteiger partial charge in [0, 0.05) is 17.5 Å². The third kappa shape index (κ3) is 2.58. The maximum atomic E-state index is 5.48. The van der Waals surface area contributed by atoms with E-state index in [0.29, 0.717) is 0 Å². The second-order valence-corrected chi connectivity index (χ2v) is 6.72. The van der Waals surface area contributed by atoms with Crippen LogP contribution in [0.5, 0.6) is 0 Å². The summed E-state index contributed by atoms with van der Waals surface area (Å²) in [5.74, 6) is 1.14. The largest absolute Gasteiger partial charge is 0.379 e. The van der Waals surface area contributed by atoms with Crippen molar-refractivity contribution in [1.82, 2.24) is 5.32 Å². The molecule has 3 rings (SSSR count). The molecule has 2 fully saturated rings. The molecule has 0 radical (unpaired) electrons. The van der Waals surface area contributed by atoms with Crippen molar-refractivity contribution < 1.29 is 4.74 Å². The molecule has 0 unspecified atom stereocenters. The van der Waals surface area contributed by atoms with Crippen LogP contribution < -0.4 is 5.32 Å². The van der Waals surface area contributed by atoms with Gasteiger partial charge in [0.25, 0.3) is 0 Å². The number of hydrogen-bond acceptors (Lipinski definition) is 3. The Morgan fingerprint density at radius 1 is 1.28 bits per heavy atom. The Hall–Kier alpha value is -0.510. The first-order valence-electron chi connectivity index (χ1n) is 6.87. The van der Waals surface area contributed by atoms with Gasteiger partial charge in [0.2, 0.25) is 0 Å². The van der Waals surface area contributed by atoms with Crippen molar-refractivity contribution in [3.8, 4) is 0 Å². The van der Waals surface area contributed by atoms with E-state index in [9.17, 15) is 0 Å². The van der Waals surface area contributed by atoms with Crippen LogP contribution >= 0.6 is 11.8 Å². The monoisotopic (exact) mass is 263 g/mol. The zero-order chi connectivity index (χ0) is 12.4. The van der Waals surface area contributed by atoms with Crippen molar-refractivity contribution in [3.05, 3.63) is 29.8 Å². The molecule has 98 valence electrons. The van der Waals surface area contributed by atoms with Crippen LogP contribution in [-0.2, 0) is 10.2 Å². The first kappa shape index (κ1) is 12.5. The van der Waals surface area contributed by atoms with E-state index in [0.717, 1.165) is 31.6 Å². The molecule has 1 aromatic carbocycles. The summed E-state index contributed by atoms with van der Waals surface area (Å²) in [7, 11) is 0. The van der Waals surface area contributed by atoms with Gasteiger partial charge in [0.05, 0.1) is 18.6 Å². The van der Waals surface area contributed by atoms with Crippen molar-refractivity contribution >= 4 is 11.8 Å². The maximum Gasteiger partial charge on any atom is 0.0598 e. The van der Waals surface area contributed by atoms with Gasteiger partial charge in [-0.05, 0) is 36.3 Å². The molecule has 0 spiro atoms. The lowest BCUT2D eigenvalue weighted by atomic mass is 9.78. The van der Waals surface area contributed by atoms with Crippen LogP contribution in [0.15, 0.2) is 29.2 Å². The van der Waals surface area contributed by atoms with E-state index in [1.165, 1.54) is 23.3 Å². The van der Waals surface area contributed by atoms with Crippen LogP contribution in [-0.4, -0.2) is 31.6 Å². The average molecular weight is 263 g/mol. The normalized spacial score (nSPS) is 21.6. The highest BCUT2D eigenvalue weighted by Gasteiger charge is 2.41. The lowest BCUT2D eigenvalue weighted by molar-refractivity contribution is -0.0591. The first-order chi connectivity index (χ1) is 8.82. The smallest absolute Gasteiger partial charge is 0.0598 e. The minimum absolute atomic E-state index is 0.234. The molecule has 3 heteroatoms. The molecule has 1 saturated carbocycles. The zero-order valence-electron chi connectivity index (χ0n) is 10.9. The molecule has 2 aliphatic rings. The Morgan fingerprint density at radius 3 is 2.50 bits per heavy atom. The lowest BCUT2D eigenvalue weighted by Crippen LogP contribution is -2.53. The van der Waals surface area contributed by atoms with Crippen LogP contribution in [0.4, 0.5) is 0 Å². The van der Waals surface area contributed by atoms with Crippen LogP contribution in [0.3, 0.4) is 0 Å². The molecule has 1 aromatic rings. The Bertz CT molecular complexity index is 395. The van der Waals surface area contributed by atoms with Gasteiger partial charge in [-0.15, -0.1) is 11.8 Å². The molecule has 2 nitrogen and oxygen atoms in total. The molecule has 0 aromatic heterocycles. The van der Waals surface area contributed by atoms with E-state index in [1.54, 1.807) is 0 Å². The average Bonchev–Trinajstić information content (AvgIpc) is 3.14. The minimum atomic E-state index is 0.234. The Morgan fingerprint density at radius 2 is 2.00 bits per heavy atom. The van der Waals surface area contributed by atoms with Crippen LogP contribution in [0.25, 0.3) is 0 Å². The van der Waals surface area contributed by atoms with Gasteiger partial charge >= 0.3 is 0 Å². The number of rotatable bonds is 6. The molecule has 1 saturated heterocycles. The Balaban J connectivity index is 1.69. The van der Waals surface area contributed by atoms with Crippen molar-refractivity contribution in [1.29, 1.82) is 0 Å². The second kappa shape index (κ2) is 5.24.